The molecular weight excluding hydrogens is 386 g/mol. The molecule has 3 heterocycles. The average Bonchev–Trinajstić information content (AvgIpc) is 3.35. The second kappa shape index (κ2) is 7.80. The first-order valence-electron chi connectivity index (χ1n) is 8.11. The second-order valence-electron chi connectivity index (χ2n) is 5.64. The third kappa shape index (κ3) is 4.12. The van der Waals surface area contributed by atoms with Gasteiger partial charge < -0.3 is 20.0 Å². The van der Waals surface area contributed by atoms with Crippen LogP contribution in [0.3, 0.4) is 0 Å². The number of aromatic nitrogens is 2. The van der Waals surface area contributed by atoms with Crippen molar-refractivity contribution in [1.82, 2.24) is 10.2 Å². The molecule has 0 spiro atoms. The molecule has 0 bridgehead atoms. The largest absolute Gasteiger partial charge is 0.467 e. The van der Waals surface area contributed by atoms with Crippen LogP contribution in [-0.4, -0.2) is 34.3 Å². The van der Waals surface area contributed by atoms with Crippen LogP contribution in [0.25, 0.3) is 0 Å². The molecule has 0 saturated carbocycles. The van der Waals surface area contributed by atoms with Crippen molar-refractivity contribution in [1.29, 1.82) is 0 Å². The lowest BCUT2D eigenvalue weighted by Crippen LogP contribution is -2.43. The van der Waals surface area contributed by atoms with Gasteiger partial charge in [0, 0.05) is 0 Å². The standard InChI is InChI=1S/C17H15N5O3S2/c23-14-9-22(13-6-2-1-5-12(13)19-14)15(24)10-26-17-21-20-16(27-17)18-8-11-4-3-7-25-11/h1-7H,8-10H2,(H,18,20)(H,19,23). The van der Waals surface area contributed by atoms with Crippen LogP contribution < -0.4 is 15.5 Å². The van der Waals surface area contributed by atoms with E-state index in [2.05, 4.69) is 20.8 Å². The molecule has 27 heavy (non-hydrogen) atoms. The van der Waals surface area contributed by atoms with E-state index in [4.69, 9.17) is 4.42 Å². The van der Waals surface area contributed by atoms with Gasteiger partial charge in [-0.05, 0) is 24.3 Å². The maximum absolute atomic E-state index is 12.6. The number of hydrogen-bond donors (Lipinski definition) is 2. The highest BCUT2D eigenvalue weighted by Crippen LogP contribution is 2.31. The monoisotopic (exact) mass is 401 g/mol. The van der Waals surface area contributed by atoms with E-state index in [1.807, 2.05) is 30.3 Å². The molecule has 10 heteroatoms. The number of anilines is 3. The number of furan rings is 1. The molecule has 2 N–H and O–H groups in total. The predicted octanol–water partition coefficient (Wildman–Crippen LogP) is 2.82. The van der Waals surface area contributed by atoms with Crippen LogP contribution in [0, 0.1) is 0 Å². The van der Waals surface area contributed by atoms with Crippen LogP contribution in [0.15, 0.2) is 51.4 Å². The van der Waals surface area contributed by atoms with Crippen molar-refractivity contribution in [2.24, 2.45) is 0 Å². The second-order valence-corrected chi connectivity index (χ2v) is 7.84. The number of nitrogens with one attached hydrogen (secondary N) is 2. The topological polar surface area (TPSA) is 100 Å². The summed E-state index contributed by atoms with van der Waals surface area (Å²) >= 11 is 2.67. The Kier molecular flexibility index (Phi) is 5.07. The van der Waals surface area contributed by atoms with Gasteiger partial charge in [-0.2, -0.15) is 0 Å². The van der Waals surface area contributed by atoms with Crippen molar-refractivity contribution in [2.75, 3.05) is 27.8 Å². The Morgan fingerprint density at radius 3 is 3.04 bits per heavy atom. The third-order valence-electron chi connectivity index (χ3n) is 3.79. The lowest BCUT2D eigenvalue weighted by Gasteiger charge is -2.28. The number of carbonyl (C=O) groups excluding carboxylic acids is 2. The van der Waals surface area contributed by atoms with Crippen molar-refractivity contribution in [3.05, 3.63) is 48.4 Å². The van der Waals surface area contributed by atoms with E-state index in [0.717, 1.165) is 5.76 Å². The van der Waals surface area contributed by atoms with Gasteiger partial charge in [0.05, 0.1) is 29.9 Å². The van der Waals surface area contributed by atoms with Crippen LogP contribution in [0.1, 0.15) is 5.76 Å². The summed E-state index contributed by atoms with van der Waals surface area (Å²) in [5.41, 5.74) is 1.35. The highest BCUT2D eigenvalue weighted by molar-refractivity contribution is 8.01. The first-order chi connectivity index (χ1) is 13.2. The van der Waals surface area contributed by atoms with E-state index in [-0.39, 0.29) is 24.1 Å². The van der Waals surface area contributed by atoms with E-state index < -0.39 is 0 Å². The normalized spacial score (nSPS) is 13.2. The van der Waals surface area contributed by atoms with Crippen LogP contribution in [0.2, 0.25) is 0 Å². The number of rotatable bonds is 6. The van der Waals surface area contributed by atoms with Gasteiger partial charge in [-0.25, -0.2) is 0 Å². The van der Waals surface area contributed by atoms with Crippen molar-refractivity contribution in [2.45, 2.75) is 10.9 Å². The fraction of sp³-hybridized carbons (Fsp3) is 0.176. The summed E-state index contributed by atoms with van der Waals surface area (Å²) < 4.78 is 5.93. The molecule has 138 valence electrons. The summed E-state index contributed by atoms with van der Waals surface area (Å²) in [4.78, 5) is 26.0. The number of benzene rings is 1. The highest BCUT2D eigenvalue weighted by atomic mass is 32.2. The molecule has 2 amide bonds. The van der Waals surface area contributed by atoms with Gasteiger partial charge >= 0.3 is 0 Å². The quantitative estimate of drug-likeness (QED) is 0.613. The molecule has 0 aliphatic carbocycles. The number of hydrogen-bond acceptors (Lipinski definition) is 8. The smallest absolute Gasteiger partial charge is 0.244 e. The number of carbonyl (C=O) groups is 2. The van der Waals surface area contributed by atoms with Gasteiger partial charge in [0.2, 0.25) is 16.9 Å². The molecule has 0 atom stereocenters. The summed E-state index contributed by atoms with van der Waals surface area (Å²) in [5.74, 6) is 0.626. The first-order valence-corrected chi connectivity index (χ1v) is 9.91. The lowest BCUT2D eigenvalue weighted by molar-refractivity contribution is -0.120. The number of nitrogens with zero attached hydrogens (tertiary/aromatic N) is 3. The van der Waals surface area contributed by atoms with E-state index >= 15 is 0 Å². The Morgan fingerprint density at radius 2 is 2.19 bits per heavy atom. The Morgan fingerprint density at radius 1 is 1.30 bits per heavy atom. The highest BCUT2D eigenvalue weighted by Gasteiger charge is 2.26. The minimum Gasteiger partial charge on any atom is -0.467 e. The Balaban J connectivity index is 1.35. The molecule has 8 nitrogen and oxygen atoms in total. The van der Waals surface area contributed by atoms with Crippen LogP contribution in [-0.2, 0) is 16.1 Å². The van der Waals surface area contributed by atoms with Crippen molar-refractivity contribution in [3.63, 3.8) is 0 Å². The van der Waals surface area contributed by atoms with E-state index in [9.17, 15) is 9.59 Å². The van der Waals surface area contributed by atoms with E-state index in [0.29, 0.717) is 27.4 Å². The predicted molar refractivity (Wildman–Crippen MR) is 104 cm³/mol. The van der Waals surface area contributed by atoms with Gasteiger partial charge in [0.25, 0.3) is 0 Å². The number of para-hydroxylation sites is 2. The molecule has 0 saturated heterocycles. The molecule has 0 unspecified atom stereocenters. The van der Waals surface area contributed by atoms with Crippen molar-refractivity contribution < 1.29 is 14.0 Å². The van der Waals surface area contributed by atoms with Gasteiger partial charge in [0.15, 0.2) is 4.34 Å². The molecule has 1 aliphatic rings. The molecule has 0 fully saturated rings. The summed E-state index contributed by atoms with van der Waals surface area (Å²) in [6, 6.07) is 10.9. The van der Waals surface area contributed by atoms with Crippen molar-refractivity contribution >= 4 is 51.4 Å². The zero-order valence-electron chi connectivity index (χ0n) is 14.0. The number of fused-ring (bicyclic) bond motifs is 1. The Hall–Kier alpha value is -2.85. The summed E-state index contributed by atoms with van der Waals surface area (Å²) in [6.45, 7) is 0.535. The SMILES string of the molecule is O=C1CN(C(=O)CSc2nnc(NCc3ccco3)s2)c2ccccc2N1. The maximum Gasteiger partial charge on any atom is 0.244 e. The molecule has 2 aromatic heterocycles. The minimum atomic E-state index is -0.202. The molecule has 1 aliphatic heterocycles. The summed E-state index contributed by atoms with van der Waals surface area (Å²) in [6.07, 6.45) is 1.61. The maximum atomic E-state index is 12.6. The summed E-state index contributed by atoms with van der Waals surface area (Å²) in [7, 11) is 0. The molecule has 0 radical (unpaired) electrons. The molecule has 1 aromatic carbocycles. The first kappa shape index (κ1) is 17.6. The van der Waals surface area contributed by atoms with E-state index in [1.165, 1.54) is 28.0 Å². The average molecular weight is 401 g/mol. The number of amides is 2. The molecular formula is C17H15N5O3S2. The Bertz CT molecular complexity index is 957. The van der Waals surface area contributed by atoms with Crippen molar-refractivity contribution in [3.8, 4) is 0 Å². The minimum absolute atomic E-state index is 0.0163. The van der Waals surface area contributed by atoms with E-state index in [1.54, 1.807) is 12.3 Å². The Labute approximate surface area is 163 Å². The van der Waals surface area contributed by atoms with Gasteiger partial charge in [-0.15, -0.1) is 10.2 Å². The van der Waals surface area contributed by atoms with Gasteiger partial charge in [-0.3, -0.25) is 9.59 Å². The summed E-state index contributed by atoms with van der Waals surface area (Å²) in [5, 5.41) is 14.7. The fourth-order valence-corrected chi connectivity index (χ4v) is 4.20. The van der Waals surface area contributed by atoms with Crippen LogP contribution in [0.5, 0.6) is 0 Å². The molecule has 4 rings (SSSR count). The number of thioether (sulfide) groups is 1. The van der Waals surface area contributed by atoms with Crippen LogP contribution in [0.4, 0.5) is 16.5 Å². The third-order valence-corrected chi connectivity index (χ3v) is 5.79. The van der Waals surface area contributed by atoms with Gasteiger partial charge in [0.1, 0.15) is 12.3 Å². The lowest BCUT2D eigenvalue weighted by atomic mass is 10.2. The zero-order valence-corrected chi connectivity index (χ0v) is 15.7. The van der Waals surface area contributed by atoms with Crippen LogP contribution >= 0.6 is 23.1 Å². The molecule has 3 aromatic rings. The fourth-order valence-electron chi connectivity index (χ4n) is 2.57. The zero-order chi connectivity index (χ0) is 18.6. The van der Waals surface area contributed by atoms with Gasteiger partial charge in [-0.1, -0.05) is 35.2 Å².